The molecule has 0 aromatic carbocycles. The lowest BCUT2D eigenvalue weighted by atomic mass is 9.85. The molecule has 1 aromatic heterocycles. The summed E-state index contributed by atoms with van der Waals surface area (Å²) in [4.78, 5) is 0. The van der Waals surface area contributed by atoms with Crippen molar-refractivity contribution in [3.8, 4) is 0 Å². The van der Waals surface area contributed by atoms with Crippen LogP contribution in [0.3, 0.4) is 0 Å². The van der Waals surface area contributed by atoms with Crippen LogP contribution in [0.15, 0.2) is 0 Å². The number of nitrogens with one attached hydrogen (secondary N) is 1. The normalized spacial score (nSPS) is 13.9. The Labute approximate surface area is 116 Å². The van der Waals surface area contributed by atoms with Gasteiger partial charge in [0.2, 0.25) is 0 Å². The average Bonchev–Trinajstić information content (AvgIpc) is 2.54. The summed E-state index contributed by atoms with van der Waals surface area (Å²) in [5, 5.41) is 17.1. The third-order valence-electron chi connectivity index (χ3n) is 3.43. The van der Waals surface area contributed by atoms with Gasteiger partial charge in [0, 0.05) is 19.7 Å². The highest BCUT2D eigenvalue weighted by Crippen LogP contribution is 2.31. The molecule has 0 spiro atoms. The van der Waals surface area contributed by atoms with Crippen LogP contribution >= 0.6 is 0 Å². The third kappa shape index (κ3) is 3.62. The largest absolute Gasteiger partial charge is 0.396 e. The number of nitrogen functional groups attached to an aromatic ring is 1. The van der Waals surface area contributed by atoms with Gasteiger partial charge in [-0.2, -0.15) is 5.10 Å². The van der Waals surface area contributed by atoms with Crippen LogP contribution in [0.2, 0.25) is 0 Å². The van der Waals surface area contributed by atoms with Crippen molar-refractivity contribution in [2.24, 2.45) is 12.5 Å². The average molecular weight is 268 g/mol. The lowest BCUT2D eigenvalue weighted by molar-refractivity contribution is 0.235. The first kappa shape index (κ1) is 15.8. The zero-order valence-electron chi connectivity index (χ0n) is 13.0. The molecule has 4 N–H and O–H groups in total. The molecule has 0 aliphatic rings. The van der Waals surface area contributed by atoms with Gasteiger partial charge in [-0.15, -0.1) is 0 Å². The molecule has 0 radical (unpaired) electrons. The molecule has 0 amide bonds. The predicted molar refractivity (Wildman–Crippen MR) is 80.3 cm³/mol. The fraction of sp³-hybridized carbons (Fsp3) is 0.786. The summed E-state index contributed by atoms with van der Waals surface area (Å²) in [5.74, 6) is 1.14. The Morgan fingerprint density at radius 3 is 2.32 bits per heavy atom. The van der Waals surface area contributed by atoms with Gasteiger partial charge in [-0.1, -0.05) is 34.6 Å². The molecule has 1 atom stereocenters. The molecule has 1 rings (SSSR count). The standard InChI is InChI=1S/C14H28N4O/c1-9(2)12-11(15)13(18(6)17-12)16-10(7-8-19)14(3,4)5/h9-10,16,19H,7-8,15H2,1-6H3. The maximum Gasteiger partial charge on any atom is 0.148 e. The van der Waals surface area contributed by atoms with Gasteiger partial charge < -0.3 is 16.2 Å². The number of aliphatic hydroxyl groups is 1. The second kappa shape index (κ2) is 5.82. The number of nitrogens with two attached hydrogens (primary N) is 1. The summed E-state index contributed by atoms with van der Waals surface area (Å²) in [5.41, 5.74) is 7.85. The molecule has 1 unspecified atom stereocenters. The van der Waals surface area contributed by atoms with Gasteiger partial charge in [0.05, 0.1) is 11.4 Å². The van der Waals surface area contributed by atoms with Crippen LogP contribution in [0, 0.1) is 5.41 Å². The molecule has 0 saturated heterocycles. The smallest absolute Gasteiger partial charge is 0.148 e. The van der Waals surface area contributed by atoms with Crippen molar-refractivity contribution >= 4 is 11.5 Å². The highest BCUT2D eigenvalue weighted by atomic mass is 16.3. The Hall–Kier alpha value is -1.23. The Morgan fingerprint density at radius 2 is 1.95 bits per heavy atom. The molecule has 0 saturated carbocycles. The number of hydrogen-bond acceptors (Lipinski definition) is 4. The first-order valence-corrected chi connectivity index (χ1v) is 6.88. The lowest BCUT2D eigenvalue weighted by Gasteiger charge is -2.32. The number of anilines is 2. The highest BCUT2D eigenvalue weighted by Gasteiger charge is 2.26. The van der Waals surface area contributed by atoms with E-state index in [0.29, 0.717) is 18.0 Å². The van der Waals surface area contributed by atoms with E-state index in [4.69, 9.17) is 5.73 Å². The van der Waals surface area contributed by atoms with Crippen LogP contribution in [0.5, 0.6) is 0 Å². The van der Waals surface area contributed by atoms with Crippen LogP contribution in [-0.2, 0) is 7.05 Å². The number of rotatable bonds is 5. The van der Waals surface area contributed by atoms with E-state index >= 15 is 0 Å². The van der Waals surface area contributed by atoms with Gasteiger partial charge in [-0.05, 0) is 17.8 Å². The van der Waals surface area contributed by atoms with Gasteiger partial charge in [-0.3, -0.25) is 4.68 Å². The minimum absolute atomic E-state index is 0.0391. The summed E-state index contributed by atoms with van der Waals surface area (Å²) in [6.45, 7) is 10.8. The number of aryl methyl sites for hydroxylation is 1. The number of nitrogens with zero attached hydrogens (tertiary/aromatic N) is 2. The van der Waals surface area contributed by atoms with E-state index in [1.54, 1.807) is 4.68 Å². The predicted octanol–water partition coefficient (Wildman–Crippen LogP) is 2.33. The van der Waals surface area contributed by atoms with E-state index in [1.165, 1.54) is 0 Å². The van der Waals surface area contributed by atoms with Crippen LogP contribution in [0.4, 0.5) is 11.5 Å². The third-order valence-corrected chi connectivity index (χ3v) is 3.43. The Kier molecular flexibility index (Phi) is 4.85. The highest BCUT2D eigenvalue weighted by molar-refractivity contribution is 5.66. The lowest BCUT2D eigenvalue weighted by Crippen LogP contribution is -2.35. The molecule has 110 valence electrons. The molecule has 0 aliphatic carbocycles. The Bertz CT molecular complexity index is 418. The van der Waals surface area contributed by atoms with Crippen molar-refractivity contribution in [3.63, 3.8) is 0 Å². The summed E-state index contributed by atoms with van der Waals surface area (Å²) >= 11 is 0. The number of aliphatic hydroxyl groups excluding tert-OH is 1. The monoisotopic (exact) mass is 268 g/mol. The zero-order chi connectivity index (χ0) is 14.8. The second-order valence-corrected chi connectivity index (χ2v) is 6.50. The molecule has 5 heteroatoms. The molecular weight excluding hydrogens is 240 g/mol. The summed E-state index contributed by atoms with van der Waals surface area (Å²) in [6.07, 6.45) is 0.686. The maximum atomic E-state index is 9.22. The number of aromatic nitrogens is 2. The van der Waals surface area contributed by atoms with Gasteiger partial charge in [0.25, 0.3) is 0 Å². The molecule has 0 fully saturated rings. The summed E-state index contributed by atoms with van der Waals surface area (Å²) < 4.78 is 1.79. The van der Waals surface area contributed by atoms with Crippen molar-refractivity contribution in [1.29, 1.82) is 0 Å². The van der Waals surface area contributed by atoms with E-state index in [2.05, 4.69) is 45.0 Å². The topological polar surface area (TPSA) is 76.1 Å². The first-order valence-electron chi connectivity index (χ1n) is 6.88. The zero-order valence-corrected chi connectivity index (χ0v) is 13.0. The van der Waals surface area contributed by atoms with E-state index in [0.717, 1.165) is 11.5 Å². The molecule has 19 heavy (non-hydrogen) atoms. The van der Waals surface area contributed by atoms with Crippen molar-refractivity contribution in [1.82, 2.24) is 9.78 Å². The Balaban J connectivity index is 3.03. The quantitative estimate of drug-likeness (QED) is 0.766. The number of hydrogen-bond donors (Lipinski definition) is 3. The summed E-state index contributed by atoms with van der Waals surface area (Å²) in [6, 6.07) is 0.148. The van der Waals surface area contributed by atoms with Gasteiger partial charge in [0.15, 0.2) is 0 Å². The van der Waals surface area contributed by atoms with Crippen molar-refractivity contribution in [3.05, 3.63) is 5.69 Å². The molecule has 5 nitrogen and oxygen atoms in total. The minimum atomic E-state index is 0.0391. The van der Waals surface area contributed by atoms with E-state index in [9.17, 15) is 5.11 Å². The SMILES string of the molecule is CC(C)c1nn(C)c(NC(CCO)C(C)(C)C)c1N. The van der Waals surface area contributed by atoms with Gasteiger partial charge in [-0.25, -0.2) is 0 Å². The first-order chi connectivity index (χ1) is 8.68. The van der Waals surface area contributed by atoms with Gasteiger partial charge in [0.1, 0.15) is 5.82 Å². The van der Waals surface area contributed by atoms with E-state index in [-0.39, 0.29) is 18.1 Å². The van der Waals surface area contributed by atoms with Crippen LogP contribution in [0.25, 0.3) is 0 Å². The molecular formula is C14H28N4O. The van der Waals surface area contributed by atoms with Crippen molar-refractivity contribution < 1.29 is 5.11 Å². The fourth-order valence-electron chi connectivity index (χ4n) is 2.17. The van der Waals surface area contributed by atoms with Crippen molar-refractivity contribution in [2.75, 3.05) is 17.7 Å². The fourth-order valence-corrected chi connectivity index (χ4v) is 2.17. The minimum Gasteiger partial charge on any atom is -0.396 e. The second-order valence-electron chi connectivity index (χ2n) is 6.50. The molecule has 1 heterocycles. The van der Waals surface area contributed by atoms with E-state index in [1.807, 2.05) is 7.05 Å². The molecule has 1 aromatic rings. The van der Waals surface area contributed by atoms with E-state index < -0.39 is 0 Å². The molecule has 0 aliphatic heterocycles. The van der Waals surface area contributed by atoms with Crippen LogP contribution in [0.1, 0.15) is 52.7 Å². The van der Waals surface area contributed by atoms with Crippen LogP contribution in [-0.4, -0.2) is 27.5 Å². The Morgan fingerprint density at radius 1 is 1.37 bits per heavy atom. The maximum absolute atomic E-state index is 9.22. The molecule has 0 bridgehead atoms. The van der Waals surface area contributed by atoms with Gasteiger partial charge >= 0.3 is 0 Å². The van der Waals surface area contributed by atoms with Crippen LogP contribution < -0.4 is 11.1 Å². The summed E-state index contributed by atoms with van der Waals surface area (Å²) in [7, 11) is 1.89. The van der Waals surface area contributed by atoms with Crippen molar-refractivity contribution in [2.45, 2.75) is 53.0 Å².